The molecule has 1 N–H and O–H groups in total. The van der Waals surface area contributed by atoms with Gasteiger partial charge < -0.3 is 5.32 Å². The lowest BCUT2D eigenvalue weighted by molar-refractivity contribution is -0.113. The maximum absolute atomic E-state index is 13.1. The predicted octanol–water partition coefficient (Wildman–Crippen LogP) is 3.66. The molecule has 0 spiro atoms. The zero-order valence-corrected chi connectivity index (χ0v) is 15.5. The number of rotatable bonds is 6. The zero-order chi connectivity index (χ0) is 19.2. The quantitative estimate of drug-likeness (QED) is 0.660. The highest BCUT2D eigenvalue weighted by molar-refractivity contribution is 7.99. The smallest absolute Gasteiger partial charge is 0.287 e. The molecule has 0 saturated heterocycles. The summed E-state index contributed by atoms with van der Waals surface area (Å²) < 4.78 is 14.4. The molecule has 7 heteroatoms. The van der Waals surface area contributed by atoms with E-state index in [0.717, 1.165) is 18.2 Å². The molecular formula is C20H18FN3O2S. The molecule has 0 aliphatic heterocycles. The topological polar surface area (TPSA) is 64.0 Å². The Bertz CT molecular complexity index is 985. The number of carbonyl (C=O) groups is 1. The van der Waals surface area contributed by atoms with Crippen molar-refractivity contribution in [3.05, 3.63) is 82.7 Å². The molecule has 3 aromatic rings. The Hall–Kier alpha value is -2.93. The van der Waals surface area contributed by atoms with Gasteiger partial charge in [-0.25, -0.2) is 9.37 Å². The van der Waals surface area contributed by atoms with Gasteiger partial charge in [0.25, 0.3) is 5.56 Å². The second kappa shape index (κ2) is 8.64. The summed E-state index contributed by atoms with van der Waals surface area (Å²) in [6.45, 7) is 2.07. The largest absolute Gasteiger partial charge is 0.325 e. The molecule has 0 bridgehead atoms. The molecular weight excluding hydrogens is 365 g/mol. The van der Waals surface area contributed by atoms with Crippen molar-refractivity contribution in [3.8, 4) is 5.69 Å². The van der Waals surface area contributed by atoms with Crippen molar-refractivity contribution in [3.63, 3.8) is 0 Å². The molecule has 138 valence electrons. The van der Waals surface area contributed by atoms with E-state index in [1.807, 2.05) is 24.3 Å². The molecule has 0 aliphatic carbocycles. The summed E-state index contributed by atoms with van der Waals surface area (Å²) in [6.07, 6.45) is 3.92. The van der Waals surface area contributed by atoms with Gasteiger partial charge in [0.2, 0.25) is 5.91 Å². The van der Waals surface area contributed by atoms with Gasteiger partial charge in [0.15, 0.2) is 5.03 Å². The number of hydrogen-bond donors (Lipinski definition) is 1. The molecule has 1 heterocycles. The predicted molar refractivity (Wildman–Crippen MR) is 105 cm³/mol. The lowest BCUT2D eigenvalue weighted by Crippen LogP contribution is -2.22. The van der Waals surface area contributed by atoms with Crippen LogP contribution in [0.1, 0.15) is 12.5 Å². The first kappa shape index (κ1) is 18.8. The fourth-order valence-electron chi connectivity index (χ4n) is 2.45. The van der Waals surface area contributed by atoms with Gasteiger partial charge in [0.05, 0.1) is 5.75 Å². The van der Waals surface area contributed by atoms with Gasteiger partial charge in [-0.3, -0.25) is 14.2 Å². The van der Waals surface area contributed by atoms with E-state index in [4.69, 9.17) is 0 Å². The Kier molecular flexibility index (Phi) is 6.03. The summed E-state index contributed by atoms with van der Waals surface area (Å²) >= 11 is 1.06. The molecule has 5 nitrogen and oxygen atoms in total. The van der Waals surface area contributed by atoms with Crippen molar-refractivity contribution in [2.24, 2.45) is 0 Å². The van der Waals surface area contributed by atoms with E-state index in [-0.39, 0.29) is 28.1 Å². The third-order valence-corrected chi connectivity index (χ3v) is 4.86. The normalized spacial score (nSPS) is 10.6. The molecule has 27 heavy (non-hydrogen) atoms. The summed E-state index contributed by atoms with van der Waals surface area (Å²) in [7, 11) is 0. The summed E-state index contributed by atoms with van der Waals surface area (Å²) in [6, 6.07) is 13.2. The van der Waals surface area contributed by atoms with Crippen LogP contribution in [-0.2, 0) is 11.2 Å². The van der Waals surface area contributed by atoms with E-state index >= 15 is 0 Å². The van der Waals surface area contributed by atoms with Gasteiger partial charge in [-0.15, -0.1) is 0 Å². The maximum atomic E-state index is 13.1. The minimum Gasteiger partial charge on any atom is -0.325 e. The second-order valence-corrected chi connectivity index (χ2v) is 6.74. The van der Waals surface area contributed by atoms with Crippen LogP contribution in [0.15, 0.2) is 70.7 Å². The molecule has 0 atom stereocenters. The standard InChI is InChI=1S/C20H18FN3O2S/c1-2-14-3-7-16(8-4-14)23-18(25)13-27-19-20(26)24(12-11-22-19)17-9-5-15(21)6-10-17/h3-12H,2,13H2,1H3,(H,23,25). The first-order valence-electron chi connectivity index (χ1n) is 8.42. The first-order chi connectivity index (χ1) is 13.1. The molecule has 1 amide bonds. The summed E-state index contributed by atoms with van der Waals surface area (Å²) in [4.78, 5) is 28.7. The number of amides is 1. The number of carbonyl (C=O) groups excluding carboxylic acids is 1. The number of nitrogens with zero attached hydrogens (tertiary/aromatic N) is 2. The third-order valence-electron chi connectivity index (χ3n) is 3.90. The van der Waals surface area contributed by atoms with Crippen LogP contribution >= 0.6 is 11.8 Å². The summed E-state index contributed by atoms with van der Waals surface area (Å²) in [5, 5.41) is 3.00. The van der Waals surface area contributed by atoms with E-state index in [2.05, 4.69) is 17.2 Å². The number of hydrogen-bond acceptors (Lipinski definition) is 4. The number of anilines is 1. The fourth-order valence-corrected chi connectivity index (χ4v) is 3.15. The lowest BCUT2D eigenvalue weighted by atomic mass is 10.1. The van der Waals surface area contributed by atoms with Gasteiger partial charge in [0, 0.05) is 23.8 Å². The van der Waals surface area contributed by atoms with Crippen molar-refractivity contribution in [2.45, 2.75) is 18.4 Å². The molecule has 0 aliphatic rings. The SMILES string of the molecule is CCc1ccc(NC(=O)CSc2nccn(-c3ccc(F)cc3)c2=O)cc1. The van der Waals surface area contributed by atoms with Gasteiger partial charge in [-0.1, -0.05) is 30.8 Å². The highest BCUT2D eigenvalue weighted by Gasteiger charge is 2.10. The van der Waals surface area contributed by atoms with E-state index in [1.54, 1.807) is 0 Å². The van der Waals surface area contributed by atoms with Crippen LogP contribution in [0.2, 0.25) is 0 Å². The Labute approximate surface area is 160 Å². The number of thioether (sulfide) groups is 1. The average Bonchev–Trinajstić information content (AvgIpc) is 2.68. The molecule has 0 unspecified atom stereocenters. The van der Waals surface area contributed by atoms with Crippen LogP contribution in [0.5, 0.6) is 0 Å². The van der Waals surface area contributed by atoms with Crippen molar-refractivity contribution in [1.29, 1.82) is 0 Å². The Balaban J connectivity index is 1.67. The van der Waals surface area contributed by atoms with Gasteiger partial charge in [-0.05, 0) is 48.4 Å². The second-order valence-electron chi connectivity index (χ2n) is 5.77. The number of benzene rings is 2. The highest BCUT2D eigenvalue weighted by atomic mass is 32.2. The van der Waals surface area contributed by atoms with E-state index in [9.17, 15) is 14.0 Å². The van der Waals surface area contributed by atoms with Crippen molar-refractivity contribution in [2.75, 3.05) is 11.1 Å². The summed E-state index contributed by atoms with van der Waals surface area (Å²) in [5.74, 6) is -0.535. The molecule has 2 aromatic carbocycles. The Morgan fingerprint density at radius 2 is 1.85 bits per heavy atom. The Morgan fingerprint density at radius 3 is 2.52 bits per heavy atom. The fraction of sp³-hybridized carbons (Fsp3) is 0.150. The van der Waals surface area contributed by atoms with Gasteiger partial charge in [-0.2, -0.15) is 0 Å². The number of aryl methyl sites for hydroxylation is 1. The van der Waals surface area contributed by atoms with Crippen LogP contribution in [0.25, 0.3) is 5.69 Å². The van der Waals surface area contributed by atoms with Gasteiger partial charge in [0.1, 0.15) is 5.82 Å². The van der Waals surface area contributed by atoms with Crippen LogP contribution in [0.4, 0.5) is 10.1 Å². The monoisotopic (exact) mass is 383 g/mol. The van der Waals surface area contributed by atoms with E-state index < -0.39 is 0 Å². The zero-order valence-electron chi connectivity index (χ0n) is 14.7. The van der Waals surface area contributed by atoms with Crippen LogP contribution in [-0.4, -0.2) is 21.2 Å². The van der Waals surface area contributed by atoms with Crippen molar-refractivity contribution < 1.29 is 9.18 Å². The van der Waals surface area contributed by atoms with Crippen molar-refractivity contribution >= 4 is 23.4 Å². The van der Waals surface area contributed by atoms with Crippen LogP contribution in [0.3, 0.4) is 0 Å². The number of halogens is 1. The molecule has 0 radical (unpaired) electrons. The molecule has 1 aromatic heterocycles. The number of nitrogens with one attached hydrogen (secondary N) is 1. The highest BCUT2D eigenvalue weighted by Crippen LogP contribution is 2.14. The van der Waals surface area contributed by atoms with E-state index in [0.29, 0.717) is 11.4 Å². The maximum Gasteiger partial charge on any atom is 0.287 e. The molecule has 0 fully saturated rings. The summed E-state index contributed by atoms with van der Waals surface area (Å²) in [5.41, 5.74) is 2.08. The number of aromatic nitrogens is 2. The third kappa shape index (κ3) is 4.83. The first-order valence-corrected chi connectivity index (χ1v) is 9.40. The minimum absolute atomic E-state index is 0.0607. The lowest BCUT2D eigenvalue weighted by Gasteiger charge is -2.08. The molecule has 0 saturated carbocycles. The Morgan fingerprint density at radius 1 is 1.15 bits per heavy atom. The average molecular weight is 383 g/mol. The van der Waals surface area contributed by atoms with Gasteiger partial charge >= 0.3 is 0 Å². The van der Waals surface area contributed by atoms with Crippen molar-refractivity contribution in [1.82, 2.24) is 9.55 Å². The van der Waals surface area contributed by atoms with Crippen LogP contribution in [0, 0.1) is 5.82 Å². The van der Waals surface area contributed by atoms with Crippen LogP contribution < -0.4 is 10.9 Å². The minimum atomic E-state index is -0.376. The molecule has 3 rings (SSSR count). The van der Waals surface area contributed by atoms with E-state index in [1.165, 1.54) is 46.8 Å².